The van der Waals surface area contributed by atoms with Crippen LogP contribution in [0.25, 0.3) is 0 Å². The maximum absolute atomic E-state index is 13.2. The Labute approximate surface area is 178 Å². The van der Waals surface area contributed by atoms with E-state index in [1.807, 2.05) is 51.1 Å². The van der Waals surface area contributed by atoms with Crippen molar-refractivity contribution in [1.82, 2.24) is 10.2 Å². The van der Waals surface area contributed by atoms with Crippen LogP contribution in [-0.2, 0) is 16.1 Å². The highest BCUT2D eigenvalue weighted by Crippen LogP contribution is 2.14. The maximum Gasteiger partial charge on any atom is 0.242 e. The second-order valence-corrected chi connectivity index (χ2v) is 8.33. The van der Waals surface area contributed by atoms with E-state index in [-0.39, 0.29) is 30.6 Å². The van der Waals surface area contributed by atoms with Crippen molar-refractivity contribution < 1.29 is 18.7 Å². The van der Waals surface area contributed by atoms with E-state index in [4.69, 9.17) is 4.74 Å². The van der Waals surface area contributed by atoms with Crippen molar-refractivity contribution in [2.24, 2.45) is 0 Å². The van der Waals surface area contributed by atoms with Gasteiger partial charge in [-0.15, -0.1) is 0 Å². The Morgan fingerprint density at radius 3 is 2.30 bits per heavy atom. The number of carbonyl (C=O) groups is 2. The number of nitrogens with zero attached hydrogens (tertiary/aromatic N) is 1. The lowest BCUT2D eigenvalue weighted by molar-refractivity contribution is -0.141. The molecule has 162 valence electrons. The first-order chi connectivity index (χ1) is 14.2. The van der Waals surface area contributed by atoms with Crippen LogP contribution < -0.4 is 10.1 Å². The minimum atomic E-state index is -0.656. The molecule has 0 spiro atoms. The first-order valence-electron chi connectivity index (χ1n) is 10.2. The number of ether oxygens (including phenoxy) is 1. The predicted molar refractivity (Wildman–Crippen MR) is 115 cm³/mol. The smallest absolute Gasteiger partial charge is 0.242 e. The van der Waals surface area contributed by atoms with Gasteiger partial charge in [0.2, 0.25) is 11.8 Å². The van der Waals surface area contributed by atoms with Crippen molar-refractivity contribution in [1.29, 1.82) is 0 Å². The third-order valence-electron chi connectivity index (χ3n) is 4.48. The highest BCUT2D eigenvalue weighted by molar-refractivity contribution is 5.87. The van der Waals surface area contributed by atoms with Gasteiger partial charge in [-0.25, -0.2) is 4.39 Å². The van der Waals surface area contributed by atoms with Crippen molar-refractivity contribution in [2.75, 3.05) is 6.61 Å². The van der Waals surface area contributed by atoms with E-state index in [0.29, 0.717) is 13.0 Å². The lowest BCUT2D eigenvalue weighted by Crippen LogP contribution is -2.52. The standard InChI is InChI=1S/C24H31FN2O3/c1-18(23(29)26-24(2,3)4)27(17-19-12-14-20(25)15-13-19)22(28)11-8-16-30-21-9-6-5-7-10-21/h5-7,9-10,12-15,18H,8,11,16-17H2,1-4H3,(H,26,29)/t18-/m1/s1. The van der Waals surface area contributed by atoms with Gasteiger partial charge >= 0.3 is 0 Å². The van der Waals surface area contributed by atoms with E-state index in [0.717, 1.165) is 11.3 Å². The molecule has 0 aromatic heterocycles. The summed E-state index contributed by atoms with van der Waals surface area (Å²) in [5.74, 6) is 0.0466. The zero-order valence-corrected chi connectivity index (χ0v) is 18.2. The SMILES string of the molecule is C[C@H](C(=O)NC(C)(C)C)N(Cc1ccc(F)cc1)C(=O)CCCOc1ccccc1. The van der Waals surface area contributed by atoms with Gasteiger partial charge < -0.3 is 15.0 Å². The monoisotopic (exact) mass is 414 g/mol. The zero-order chi connectivity index (χ0) is 22.1. The zero-order valence-electron chi connectivity index (χ0n) is 18.2. The fraction of sp³-hybridized carbons (Fsp3) is 0.417. The van der Waals surface area contributed by atoms with Crippen molar-refractivity contribution in [3.8, 4) is 5.75 Å². The Balaban J connectivity index is 2.02. The second kappa shape index (κ2) is 10.8. The Morgan fingerprint density at radius 2 is 1.70 bits per heavy atom. The maximum atomic E-state index is 13.2. The summed E-state index contributed by atoms with van der Waals surface area (Å²) in [5, 5.41) is 2.92. The summed E-state index contributed by atoms with van der Waals surface area (Å²) < 4.78 is 18.9. The molecule has 1 N–H and O–H groups in total. The second-order valence-electron chi connectivity index (χ2n) is 8.33. The van der Waals surface area contributed by atoms with Gasteiger partial charge in [-0.2, -0.15) is 0 Å². The lowest BCUT2D eigenvalue weighted by atomic mass is 10.1. The summed E-state index contributed by atoms with van der Waals surface area (Å²) in [7, 11) is 0. The first-order valence-corrected chi connectivity index (χ1v) is 10.2. The molecule has 0 aliphatic heterocycles. The van der Waals surface area contributed by atoms with Crippen LogP contribution in [0.3, 0.4) is 0 Å². The largest absolute Gasteiger partial charge is 0.494 e. The van der Waals surface area contributed by atoms with Crippen LogP contribution in [0.1, 0.15) is 46.1 Å². The van der Waals surface area contributed by atoms with Gasteiger partial charge in [0.15, 0.2) is 0 Å². The average molecular weight is 415 g/mol. The highest BCUT2D eigenvalue weighted by atomic mass is 19.1. The van der Waals surface area contributed by atoms with Crippen LogP contribution >= 0.6 is 0 Å². The van der Waals surface area contributed by atoms with Gasteiger partial charge in [0.25, 0.3) is 0 Å². The molecular weight excluding hydrogens is 383 g/mol. The topological polar surface area (TPSA) is 58.6 Å². The molecule has 0 saturated carbocycles. The Hall–Kier alpha value is -2.89. The highest BCUT2D eigenvalue weighted by Gasteiger charge is 2.28. The Morgan fingerprint density at radius 1 is 1.07 bits per heavy atom. The van der Waals surface area contributed by atoms with Crippen molar-refractivity contribution in [3.05, 3.63) is 66.0 Å². The summed E-state index contributed by atoms with van der Waals surface area (Å²) >= 11 is 0. The molecule has 0 unspecified atom stereocenters. The molecule has 30 heavy (non-hydrogen) atoms. The summed E-state index contributed by atoms with van der Waals surface area (Å²) in [4.78, 5) is 27.2. The predicted octanol–water partition coefficient (Wildman–Crippen LogP) is 4.32. The number of halogens is 1. The van der Waals surface area contributed by atoms with Crippen molar-refractivity contribution in [2.45, 2.75) is 58.7 Å². The third kappa shape index (κ3) is 7.85. The number of para-hydroxylation sites is 1. The van der Waals surface area contributed by atoms with Crippen LogP contribution in [0.2, 0.25) is 0 Å². The molecule has 6 heteroatoms. The number of hydrogen-bond acceptors (Lipinski definition) is 3. The molecule has 0 aliphatic carbocycles. The van der Waals surface area contributed by atoms with Crippen molar-refractivity contribution >= 4 is 11.8 Å². The molecule has 2 aromatic carbocycles. The number of benzene rings is 2. The van der Waals surface area contributed by atoms with E-state index in [2.05, 4.69) is 5.32 Å². The quantitative estimate of drug-likeness (QED) is 0.622. The molecule has 0 heterocycles. The molecule has 2 rings (SSSR count). The molecule has 5 nitrogen and oxygen atoms in total. The average Bonchev–Trinajstić information content (AvgIpc) is 2.69. The van der Waals surface area contributed by atoms with Gasteiger partial charge in [0.05, 0.1) is 6.61 Å². The lowest BCUT2D eigenvalue weighted by Gasteiger charge is -2.31. The minimum absolute atomic E-state index is 0.146. The number of carbonyl (C=O) groups excluding carboxylic acids is 2. The van der Waals surface area contributed by atoms with E-state index in [9.17, 15) is 14.0 Å². The molecule has 0 saturated heterocycles. The molecule has 0 bridgehead atoms. The van der Waals surface area contributed by atoms with Gasteiger partial charge in [0.1, 0.15) is 17.6 Å². The minimum Gasteiger partial charge on any atom is -0.494 e. The number of rotatable bonds is 9. The Bertz CT molecular complexity index is 817. The fourth-order valence-electron chi connectivity index (χ4n) is 2.92. The molecule has 0 fully saturated rings. The van der Waals surface area contributed by atoms with E-state index in [1.165, 1.54) is 17.0 Å². The number of nitrogens with one attached hydrogen (secondary N) is 1. The first kappa shape index (κ1) is 23.4. The van der Waals surface area contributed by atoms with E-state index in [1.54, 1.807) is 19.1 Å². The molecular formula is C24H31FN2O3. The Kier molecular flexibility index (Phi) is 8.39. The van der Waals surface area contributed by atoms with Gasteiger partial charge in [0, 0.05) is 18.5 Å². The summed E-state index contributed by atoms with van der Waals surface area (Å²) in [6.07, 6.45) is 0.780. The molecule has 2 amide bonds. The van der Waals surface area contributed by atoms with E-state index < -0.39 is 11.6 Å². The third-order valence-corrected chi connectivity index (χ3v) is 4.48. The molecule has 0 radical (unpaired) electrons. The van der Waals surface area contributed by atoms with E-state index >= 15 is 0 Å². The molecule has 2 aromatic rings. The summed E-state index contributed by atoms with van der Waals surface area (Å²) in [6, 6.07) is 14.7. The van der Waals surface area contributed by atoms with Gasteiger partial charge in [-0.05, 0) is 63.9 Å². The van der Waals surface area contributed by atoms with Crippen molar-refractivity contribution in [3.63, 3.8) is 0 Å². The fourth-order valence-corrected chi connectivity index (χ4v) is 2.92. The van der Waals surface area contributed by atoms with Gasteiger partial charge in [-0.1, -0.05) is 30.3 Å². The normalized spacial score (nSPS) is 12.2. The molecule has 0 aliphatic rings. The summed E-state index contributed by atoms with van der Waals surface area (Å²) in [6.45, 7) is 8.03. The van der Waals surface area contributed by atoms with Crippen LogP contribution in [0.5, 0.6) is 5.75 Å². The van der Waals surface area contributed by atoms with Gasteiger partial charge in [-0.3, -0.25) is 9.59 Å². The van der Waals surface area contributed by atoms with Crippen LogP contribution in [0, 0.1) is 5.82 Å². The van der Waals surface area contributed by atoms with Crippen LogP contribution in [0.15, 0.2) is 54.6 Å². The molecule has 1 atom stereocenters. The number of hydrogen-bond donors (Lipinski definition) is 1. The summed E-state index contributed by atoms with van der Waals surface area (Å²) in [5.41, 5.74) is 0.361. The number of amides is 2. The van der Waals surface area contributed by atoms with Crippen LogP contribution in [0.4, 0.5) is 4.39 Å². The van der Waals surface area contributed by atoms with Crippen LogP contribution in [-0.4, -0.2) is 34.9 Å².